The molecule has 0 aliphatic rings. The standard InChI is InChI=1S/C33H39ClN4O11/c1-4-48-32(46)23(34)15-22(16-25(39)40)35-30(44)27(19(2)3)37-31(45)28(21-13-9-6-10-14-21)38-29(43)24(17-26(41)42)36-33(47)49-18-20-11-7-5-8-12-20/h5-15,19,22,24,27-28H,4,16-18H2,1-3H3,(H,35,44)(H,36,47)(H,37,45)(H,38,43)(H,39,40)(H,41,42)/b23-15-/t22-,24+,27+,28+/m1/s1. The average Bonchev–Trinajstić information content (AvgIpc) is 3.04. The second kappa shape index (κ2) is 20.0. The summed E-state index contributed by atoms with van der Waals surface area (Å²) in [5.41, 5.74) is 0.902. The third kappa shape index (κ3) is 14.1. The third-order valence-electron chi connectivity index (χ3n) is 6.67. The highest BCUT2D eigenvalue weighted by atomic mass is 35.5. The Kier molecular flexibility index (Phi) is 16.3. The summed E-state index contributed by atoms with van der Waals surface area (Å²) in [4.78, 5) is 87.9. The molecule has 0 unspecified atom stereocenters. The maximum atomic E-state index is 13.7. The zero-order valence-corrected chi connectivity index (χ0v) is 27.8. The number of amides is 4. The number of nitrogens with one attached hydrogen (secondary N) is 4. The van der Waals surface area contributed by atoms with E-state index in [1.54, 1.807) is 69.3 Å². The van der Waals surface area contributed by atoms with Crippen molar-refractivity contribution in [2.45, 2.75) is 64.4 Å². The van der Waals surface area contributed by atoms with Gasteiger partial charge in [-0.25, -0.2) is 9.59 Å². The summed E-state index contributed by atoms with van der Waals surface area (Å²) in [5, 5.41) is 28.0. The maximum absolute atomic E-state index is 13.7. The van der Waals surface area contributed by atoms with Crippen molar-refractivity contribution in [3.8, 4) is 0 Å². The second-order valence-electron chi connectivity index (χ2n) is 10.9. The molecule has 0 aliphatic carbocycles. The SMILES string of the molecule is CCOC(=O)/C(Cl)=C/[C@H](CC(=O)O)NC(=O)[C@@H](NC(=O)[C@@H](NC(=O)[C@H](CC(=O)O)NC(=O)OCc1ccccc1)c1ccccc1)C(C)C. The van der Waals surface area contributed by atoms with E-state index in [2.05, 4.69) is 21.3 Å². The molecule has 2 aromatic carbocycles. The predicted octanol–water partition coefficient (Wildman–Crippen LogP) is 2.40. The van der Waals surface area contributed by atoms with Crippen LogP contribution in [-0.4, -0.2) is 76.7 Å². The van der Waals surface area contributed by atoms with E-state index in [1.165, 1.54) is 12.1 Å². The predicted molar refractivity (Wildman–Crippen MR) is 175 cm³/mol. The smallest absolute Gasteiger partial charge is 0.408 e. The van der Waals surface area contributed by atoms with Crippen molar-refractivity contribution < 1.29 is 53.2 Å². The first-order chi connectivity index (χ1) is 23.2. The fourth-order valence-corrected chi connectivity index (χ4v) is 4.51. The summed E-state index contributed by atoms with van der Waals surface area (Å²) in [6, 6.07) is 10.8. The minimum absolute atomic E-state index is 0.00485. The Bertz CT molecular complexity index is 1500. The number of carboxylic acid groups (broad SMARTS) is 2. The topological polar surface area (TPSA) is 227 Å². The minimum Gasteiger partial charge on any atom is -0.481 e. The lowest BCUT2D eigenvalue weighted by Crippen LogP contribution is -2.56. The van der Waals surface area contributed by atoms with E-state index in [1.807, 2.05) is 0 Å². The van der Waals surface area contributed by atoms with Crippen LogP contribution in [0.4, 0.5) is 4.79 Å². The van der Waals surface area contributed by atoms with Crippen LogP contribution < -0.4 is 21.3 Å². The van der Waals surface area contributed by atoms with Crippen LogP contribution >= 0.6 is 11.6 Å². The summed E-state index contributed by atoms with van der Waals surface area (Å²) in [5.74, 6) is -6.99. The van der Waals surface area contributed by atoms with E-state index >= 15 is 0 Å². The number of aliphatic carboxylic acids is 2. The van der Waals surface area contributed by atoms with Crippen LogP contribution in [-0.2, 0) is 44.8 Å². The van der Waals surface area contributed by atoms with Crippen molar-refractivity contribution >= 4 is 53.3 Å². The largest absolute Gasteiger partial charge is 0.481 e. The number of hydrogen-bond acceptors (Lipinski definition) is 9. The quantitative estimate of drug-likeness (QED) is 0.0976. The molecule has 4 amide bonds. The summed E-state index contributed by atoms with van der Waals surface area (Å²) in [6.45, 7) is 4.60. The Morgan fingerprint density at radius 1 is 0.755 bits per heavy atom. The van der Waals surface area contributed by atoms with Crippen LogP contribution in [0.25, 0.3) is 0 Å². The van der Waals surface area contributed by atoms with Crippen LogP contribution in [0.1, 0.15) is 50.8 Å². The first-order valence-corrected chi connectivity index (χ1v) is 15.5. The number of halogens is 1. The van der Waals surface area contributed by atoms with Crippen LogP contribution in [0.3, 0.4) is 0 Å². The van der Waals surface area contributed by atoms with Gasteiger partial charge < -0.3 is 41.0 Å². The van der Waals surface area contributed by atoms with Gasteiger partial charge in [0.25, 0.3) is 0 Å². The van der Waals surface area contributed by atoms with Gasteiger partial charge in [-0.3, -0.25) is 24.0 Å². The van der Waals surface area contributed by atoms with E-state index in [0.29, 0.717) is 5.56 Å². The van der Waals surface area contributed by atoms with Crippen molar-refractivity contribution in [1.29, 1.82) is 0 Å². The van der Waals surface area contributed by atoms with Crippen LogP contribution in [0.5, 0.6) is 0 Å². The Morgan fingerprint density at radius 3 is 1.90 bits per heavy atom. The number of hydrogen-bond donors (Lipinski definition) is 6. The highest BCUT2D eigenvalue weighted by molar-refractivity contribution is 6.41. The van der Waals surface area contributed by atoms with E-state index in [0.717, 1.165) is 6.08 Å². The fourth-order valence-electron chi connectivity index (χ4n) is 4.31. The van der Waals surface area contributed by atoms with Gasteiger partial charge in [-0.05, 0) is 30.0 Å². The number of carboxylic acids is 2. The van der Waals surface area contributed by atoms with Crippen molar-refractivity contribution in [3.05, 3.63) is 82.9 Å². The normalized spacial score (nSPS) is 13.5. The Labute approximate surface area is 287 Å². The number of rotatable bonds is 18. The second-order valence-corrected chi connectivity index (χ2v) is 11.3. The number of carbonyl (C=O) groups is 7. The summed E-state index contributed by atoms with van der Waals surface area (Å²) < 4.78 is 9.90. The molecular weight excluding hydrogens is 664 g/mol. The van der Waals surface area contributed by atoms with E-state index in [-0.39, 0.29) is 18.8 Å². The van der Waals surface area contributed by atoms with Crippen molar-refractivity contribution in [3.63, 3.8) is 0 Å². The first-order valence-electron chi connectivity index (χ1n) is 15.1. The first kappa shape index (κ1) is 39.7. The van der Waals surface area contributed by atoms with Gasteiger partial charge in [0, 0.05) is 0 Å². The molecule has 0 spiro atoms. The lowest BCUT2D eigenvalue weighted by molar-refractivity contribution is -0.140. The van der Waals surface area contributed by atoms with Crippen molar-refractivity contribution in [2.75, 3.05) is 6.61 Å². The molecule has 0 fully saturated rings. The van der Waals surface area contributed by atoms with Gasteiger partial charge in [-0.15, -0.1) is 0 Å². The molecule has 0 radical (unpaired) electrons. The van der Waals surface area contributed by atoms with Gasteiger partial charge in [0.15, 0.2) is 0 Å². The van der Waals surface area contributed by atoms with Gasteiger partial charge in [0.1, 0.15) is 29.8 Å². The molecule has 6 N–H and O–H groups in total. The molecular formula is C33H39ClN4O11. The fraction of sp³-hybridized carbons (Fsp3) is 0.364. The molecule has 0 saturated heterocycles. The van der Waals surface area contributed by atoms with Crippen LogP contribution in [0, 0.1) is 5.92 Å². The van der Waals surface area contributed by atoms with Gasteiger partial charge in [-0.2, -0.15) is 0 Å². The van der Waals surface area contributed by atoms with Gasteiger partial charge >= 0.3 is 24.0 Å². The lowest BCUT2D eigenvalue weighted by Gasteiger charge is -2.27. The van der Waals surface area contributed by atoms with E-state index in [4.69, 9.17) is 21.1 Å². The van der Waals surface area contributed by atoms with Gasteiger partial charge in [0.2, 0.25) is 17.7 Å². The highest BCUT2D eigenvalue weighted by Crippen LogP contribution is 2.16. The molecule has 0 aromatic heterocycles. The number of carbonyl (C=O) groups excluding carboxylic acids is 5. The zero-order valence-electron chi connectivity index (χ0n) is 27.0. The van der Waals surface area contributed by atoms with Crippen molar-refractivity contribution in [2.24, 2.45) is 5.92 Å². The molecule has 49 heavy (non-hydrogen) atoms. The summed E-state index contributed by atoms with van der Waals surface area (Å²) in [7, 11) is 0. The average molecular weight is 703 g/mol. The summed E-state index contributed by atoms with van der Waals surface area (Å²) in [6.07, 6.45) is -1.57. The van der Waals surface area contributed by atoms with Crippen molar-refractivity contribution in [1.82, 2.24) is 21.3 Å². The molecule has 2 rings (SSSR count). The Hall–Kier alpha value is -5.44. The molecule has 4 atom stereocenters. The molecule has 0 aliphatic heterocycles. The molecule has 264 valence electrons. The van der Waals surface area contributed by atoms with Gasteiger partial charge in [-0.1, -0.05) is 86.1 Å². The molecule has 0 heterocycles. The zero-order chi connectivity index (χ0) is 36.5. The Morgan fingerprint density at radius 2 is 1.35 bits per heavy atom. The molecule has 15 nitrogen and oxygen atoms in total. The number of alkyl carbamates (subject to hydrolysis) is 1. The van der Waals surface area contributed by atoms with E-state index < -0.39 is 89.7 Å². The lowest BCUT2D eigenvalue weighted by atomic mass is 10.00. The van der Waals surface area contributed by atoms with Gasteiger partial charge in [0.05, 0.1) is 25.5 Å². The number of ether oxygens (including phenoxy) is 2. The number of benzene rings is 2. The van der Waals surface area contributed by atoms with Crippen LogP contribution in [0.2, 0.25) is 0 Å². The monoisotopic (exact) mass is 702 g/mol. The Balaban J connectivity index is 2.28. The molecule has 16 heteroatoms. The van der Waals surface area contributed by atoms with Crippen LogP contribution in [0.15, 0.2) is 71.8 Å². The third-order valence-corrected chi connectivity index (χ3v) is 6.95. The number of esters is 1. The van der Waals surface area contributed by atoms with E-state index in [9.17, 15) is 43.8 Å². The molecule has 2 aromatic rings. The summed E-state index contributed by atoms with van der Waals surface area (Å²) >= 11 is 5.95. The highest BCUT2D eigenvalue weighted by Gasteiger charge is 2.33. The molecule has 0 bridgehead atoms. The minimum atomic E-state index is -1.66. The molecule has 0 saturated carbocycles. The maximum Gasteiger partial charge on any atom is 0.408 e.